The van der Waals surface area contributed by atoms with Crippen molar-refractivity contribution in [2.75, 3.05) is 0 Å². The summed E-state index contributed by atoms with van der Waals surface area (Å²) in [5, 5.41) is 11.8. The lowest BCUT2D eigenvalue weighted by atomic mass is 10.2. The molecule has 4 nitrogen and oxygen atoms in total. The standard InChI is InChI=1S/C12H11NO3S/c1-12(2-3-12)11-13-8(6-17-11)9-4-7(5-16-9)10(14)15/h4-6H,2-3H2,1H3,(H,14,15). The number of hydrogen-bond donors (Lipinski definition) is 1. The van der Waals surface area contributed by atoms with Gasteiger partial charge in [-0.25, -0.2) is 9.78 Å². The average molecular weight is 249 g/mol. The van der Waals surface area contributed by atoms with Gasteiger partial charge in [0.05, 0.1) is 10.6 Å². The molecular weight excluding hydrogens is 238 g/mol. The molecule has 1 N–H and O–H groups in total. The molecule has 0 bridgehead atoms. The Hall–Kier alpha value is -1.62. The van der Waals surface area contributed by atoms with E-state index in [1.54, 1.807) is 11.3 Å². The van der Waals surface area contributed by atoms with Crippen LogP contribution in [-0.2, 0) is 5.41 Å². The molecule has 1 saturated carbocycles. The zero-order chi connectivity index (χ0) is 12.0. The fourth-order valence-corrected chi connectivity index (χ4v) is 2.68. The molecule has 1 aliphatic carbocycles. The van der Waals surface area contributed by atoms with E-state index in [1.165, 1.54) is 25.2 Å². The molecule has 0 saturated heterocycles. The van der Waals surface area contributed by atoms with E-state index in [0.29, 0.717) is 5.76 Å². The first kappa shape index (κ1) is 10.5. The van der Waals surface area contributed by atoms with E-state index >= 15 is 0 Å². The van der Waals surface area contributed by atoms with Crippen LogP contribution in [0.2, 0.25) is 0 Å². The second-order valence-electron chi connectivity index (χ2n) is 4.60. The molecule has 0 amide bonds. The van der Waals surface area contributed by atoms with Gasteiger partial charge in [-0.1, -0.05) is 6.92 Å². The predicted molar refractivity (Wildman–Crippen MR) is 63.4 cm³/mol. The number of hydrogen-bond acceptors (Lipinski definition) is 4. The van der Waals surface area contributed by atoms with Crippen molar-refractivity contribution in [2.24, 2.45) is 0 Å². The van der Waals surface area contributed by atoms with Crippen LogP contribution in [0.25, 0.3) is 11.5 Å². The zero-order valence-corrected chi connectivity index (χ0v) is 10.1. The highest BCUT2D eigenvalue weighted by Crippen LogP contribution is 2.49. The van der Waals surface area contributed by atoms with Crippen molar-refractivity contribution < 1.29 is 14.3 Å². The molecule has 0 radical (unpaired) electrons. The summed E-state index contributed by atoms with van der Waals surface area (Å²) in [4.78, 5) is 15.3. The first-order chi connectivity index (χ1) is 8.08. The van der Waals surface area contributed by atoms with Crippen molar-refractivity contribution in [1.82, 2.24) is 4.98 Å². The Labute approximate surface area is 102 Å². The summed E-state index contributed by atoms with van der Waals surface area (Å²) in [6.07, 6.45) is 3.60. The fourth-order valence-electron chi connectivity index (χ4n) is 1.65. The highest BCUT2D eigenvalue weighted by atomic mass is 32.1. The van der Waals surface area contributed by atoms with E-state index in [-0.39, 0.29) is 11.0 Å². The monoisotopic (exact) mass is 249 g/mol. The van der Waals surface area contributed by atoms with Crippen LogP contribution in [0.5, 0.6) is 0 Å². The van der Waals surface area contributed by atoms with E-state index in [1.807, 2.05) is 5.38 Å². The van der Waals surface area contributed by atoms with E-state index < -0.39 is 5.97 Å². The highest BCUT2D eigenvalue weighted by molar-refractivity contribution is 7.10. The topological polar surface area (TPSA) is 63.3 Å². The predicted octanol–water partition coefficient (Wildman–Crippen LogP) is 3.15. The average Bonchev–Trinajstić information content (AvgIpc) is 2.78. The Morgan fingerprint density at radius 1 is 1.59 bits per heavy atom. The lowest BCUT2D eigenvalue weighted by Crippen LogP contribution is -1.97. The normalized spacial score (nSPS) is 17.0. The minimum Gasteiger partial charge on any atom is -0.478 e. The third-order valence-electron chi connectivity index (χ3n) is 3.12. The molecule has 0 aromatic carbocycles. The Bertz CT molecular complexity index is 580. The summed E-state index contributed by atoms with van der Waals surface area (Å²) in [7, 11) is 0. The minimum atomic E-state index is -0.982. The number of aromatic carboxylic acids is 1. The van der Waals surface area contributed by atoms with Gasteiger partial charge in [0.15, 0.2) is 5.76 Å². The van der Waals surface area contributed by atoms with Gasteiger partial charge in [0.1, 0.15) is 12.0 Å². The van der Waals surface area contributed by atoms with Gasteiger partial charge in [0.2, 0.25) is 0 Å². The third-order valence-corrected chi connectivity index (χ3v) is 4.27. The van der Waals surface area contributed by atoms with E-state index in [0.717, 1.165) is 10.7 Å². The maximum atomic E-state index is 10.7. The van der Waals surface area contributed by atoms with Crippen LogP contribution < -0.4 is 0 Å². The molecule has 2 aromatic rings. The van der Waals surface area contributed by atoms with Crippen LogP contribution in [0.1, 0.15) is 35.1 Å². The van der Waals surface area contributed by atoms with Crippen molar-refractivity contribution in [3.05, 3.63) is 28.3 Å². The Kier molecular flexibility index (Phi) is 2.13. The summed E-state index contributed by atoms with van der Waals surface area (Å²) < 4.78 is 5.22. The van der Waals surface area contributed by atoms with Gasteiger partial charge in [0, 0.05) is 16.9 Å². The Morgan fingerprint density at radius 3 is 2.94 bits per heavy atom. The van der Waals surface area contributed by atoms with Gasteiger partial charge < -0.3 is 9.52 Å². The summed E-state index contributed by atoms with van der Waals surface area (Å²) in [6.45, 7) is 2.19. The molecular formula is C12H11NO3S. The quantitative estimate of drug-likeness (QED) is 0.907. The number of carboxylic acids is 1. The van der Waals surface area contributed by atoms with Crippen molar-refractivity contribution in [3.8, 4) is 11.5 Å². The van der Waals surface area contributed by atoms with Gasteiger partial charge in [0.25, 0.3) is 0 Å². The second kappa shape index (κ2) is 3.43. The molecule has 0 aliphatic heterocycles. The van der Waals surface area contributed by atoms with Crippen LogP contribution in [0.15, 0.2) is 22.1 Å². The van der Waals surface area contributed by atoms with Crippen LogP contribution in [0, 0.1) is 0 Å². The molecule has 2 aromatic heterocycles. The molecule has 5 heteroatoms. The molecule has 17 heavy (non-hydrogen) atoms. The Balaban J connectivity index is 1.92. The number of rotatable bonds is 3. The lowest BCUT2D eigenvalue weighted by molar-refractivity contribution is 0.0696. The van der Waals surface area contributed by atoms with Crippen LogP contribution >= 0.6 is 11.3 Å². The molecule has 0 unspecified atom stereocenters. The first-order valence-electron chi connectivity index (χ1n) is 5.37. The molecule has 0 spiro atoms. The van der Waals surface area contributed by atoms with Gasteiger partial charge >= 0.3 is 5.97 Å². The lowest BCUT2D eigenvalue weighted by Gasteiger charge is -2.00. The summed E-state index contributed by atoms with van der Waals surface area (Å²) in [6, 6.07) is 1.51. The number of thiazole rings is 1. The molecule has 0 atom stereocenters. The van der Waals surface area contributed by atoms with Gasteiger partial charge in [-0.15, -0.1) is 11.3 Å². The van der Waals surface area contributed by atoms with E-state index in [2.05, 4.69) is 11.9 Å². The van der Waals surface area contributed by atoms with E-state index in [9.17, 15) is 4.79 Å². The number of furan rings is 1. The summed E-state index contributed by atoms with van der Waals surface area (Å²) in [5.74, 6) is -0.459. The van der Waals surface area contributed by atoms with Gasteiger partial charge in [-0.2, -0.15) is 0 Å². The maximum Gasteiger partial charge on any atom is 0.338 e. The Morgan fingerprint density at radius 2 is 2.35 bits per heavy atom. The SMILES string of the molecule is CC1(c2nc(-c3cc(C(=O)O)co3)cs2)CC1. The van der Waals surface area contributed by atoms with E-state index in [4.69, 9.17) is 9.52 Å². The maximum absolute atomic E-state index is 10.7. The highest BCUT2D eigenvalue weighted by Gasteiger charge is 2.41. The fraction of sp³-hybridized carbons (Fsp3) is 0.333. The first-order valence-corrected chi connectivity index (χ1v) is 6.25. The minimum absolute atomic E-state index is 0.159. The van der Waals surface area contributed by atoms with Crippen molar-refractivity contribution in [2.45, 2.75) is 25.2 Å². The third kappa shape index (κ3) is 1.76. The largest absolute Gasteiger partial charge is 0.478 e. The zero-order valence-electron chi connectivity index (χ0n) is 9.27. The number of carboxylic acid groups (broad SMARTS) is 1. The van der Waals surface area contributed by atoms with Crippen LogP contribution in [0.3, 0.4) is 0 Å². The molecule has 3 rings (SSSR count). The summed E-state index contributed by atoms with van der Waals surface area (Å²) in [5.41, 5.74) is 1.13. The molecule has 88 valence electrons. The van der Waals surface area contributed by atoms with Crippen LogP contribution in [-0.4, -0.2) is 16.1 Å². The van der Waals surface area contributed by atoms with Crippen molar-refractivity contribution in [1.29, 1.82) is 0 Å². The number of aromatic nitrogens is 1. The number of nitrogens with zero attached hydrogens (tertiary/aromatic N) is 1. The second-order valence-corrected chi connectivity index (χ2v) is 5.46. The molecule has 1 aliphatic rings. The smallest absolute Gasteiger partial charge is 0.338 e. The van der Waals surface area contributed by atoms with Crippen molar-refractivity contribution in [3.63, 3.8) is 0 Å². The van der Waals surface area contributed by atoms with Gasteiger partial charge in [-0.05, 0) is 12.8 Å². The van der Waals surface area contributed by atoms with Crippen molar-refractivity contribution >= 4 is 17.3 Å². The summed E-state index contributed by atoms with van der Waals surface area (Å²) >= 11 is 1.61. The van der Waals surface area contributed by atoms with Gasteiger partial charge in [-0.3, -0.25) is 0 Å². The molecule has 2 heterocycles. The molecule has 1 fully saturated rings. The van der Waals surface area contributed by atoms with Crippen LogP contribution in [0.4, 0.5) is 0 Å². The number of carbonyl (C=O) groups is 1.